The highest BCUT2D eigenvalue weighted by Gasteiger charge is 2.29. The predicted molar refractivity (Wildman–Crippen MR) is 111 cm³/mol. The van der Waals surface area contributed by atoms with E-state index in [1.807, 2.05) is 6.07 Å². The Hall–Kier alpha value is -2.53. The molecule has 1 aliphatic heterocycles. The Morgan fingerprint density at radius 2 is 1.62 bits per heavy atom. The summed E-state index contributed by atoms with van der Waals surface area (Å²) in [5.41, 5.74) is 1.94. The van der Waals surface area contributed by atoms with Gasteiger partial charge in [-0.1, -0.05) is 12.8 Å². The maximum Gasteiger partial charge on any atom is 0.180 e. The second-order valence-electron chi connectivity index (χ2n) is 7.62. The van der Waals surface area contributed by atoms with E-state index >= 15 is 0 Å². The normalized spacial score (nSPS) is 16.1. The van der Waals surface area contributed by atoms with Gasteiger partial charge in [0, 0.05) is 11.1 Å². The number of Topliss-reactive ketones (excluding diaryl/α,β-unsaturated/α-hetero) is 2. The zero-order valence-electron chi connectivity index (χ0n) is 17.1. The summed E-state index contributed by atoms with van der Waals surface area (Å²) in [7, 11) is 1.59. The SMILES string of the molecule is COc1ccc(C(C)=O)cc1C[C@@H](C(=O)c1ccc(F)cc1)N1CCCCCC1. The quantitative estimate of drug-likeness (QED) is 0.635. The highest BCUT2D eigenvalue weighted by atomic mass is 19.1. The van der Waals surface area contributed by atoms with Gasteiger partial charge in [-0.15, -0.1) is 0 Å². The molecule has 0 spiro atoms. The fourth-order valence-corrected chi connectivity index (χ4v) is 3.97. The summed E-state index contributed by atoms with van der Waals surface area (Å²) in [6, 6.07) is 10.7. The summed E-state index contributed by atoms with van der Waals surface area (Å²) in [5.74, 6) is 0.262. The Morgan fingerprint density at radius 3 is 2.21 bits per heavy atom. The van der Waals surface area contributed by atoms with Crippen molar-refractivity contribution < 1.29 is 18.7 Å². The topological polar surface area (TPSA) is 46.6 Å². The number of carbonyl (C=O) groups is 2. The molecule has 1 heterocycles. The summed E-state index contributed by atoms with van der Waals surface area (Å²) >= 11 is 0. The van der Waals surface area contributed by atoms with Gasteiger partial charge in [-0.05, 0) is 87.3 Å². The van der Waals surface area contributed by atoms with Gasteiger partial charge in [0.15, 0.2) is 11.6 Å². The number of rotatable bonds is 7. The van der Waals surface area contributed by atoms with Gasteiger partial charge >= 0.3 is 0 Å². The summed E-state index contributed by atoms with van der Waals surface area (Å²) in [6.07, 6.45) is 4.88. The lowest BCUT2D eigenvalue weighted by atomic mass is 9.94. The van der Waals surface area contributed by atoms with Crippen molar-refractivity contribution in [2.45, 2.75) is 45.1 Å². The zero-order chi connectivity index (χ0) is 20.8. The van der Waals surface area contributed by atoms with Crippen molar-refractivity contribution in [3.63, 3.8) is 0 Å². The van der Waals surface area contributed by atoms with Crippen LogP contribution in [0.2, 0.25) is 0 Å². The van der Waals surface area contributed by atoms with E-state index < -0.39 is 0 Å². The molecule has 0 aromatic heterocycles. The first-order valence-electron chi connectivity index (χ1n) is 10.2. The number of nitrogens with zero attached hydrogens (tertiary/aromatic N) is 1. The Kier molecular flexibility index (Phi) is 7.15. The fraction of sp³-hybridized carbons (Fsp3) is 0.417. The second kappa shape index (κ2) is 9.79. The van der Waals surface area contributed by atoms with Crippen LogP contribution in [0.5, 0.6) is 5.75 Å². The summed E-state index contributed by atoms with van der Waals surface area (Å²) < 4.78 is 18.9. The molecule has 2 aromatic carbocycles. The van der Waals surface area contributed by atoms with Crippen molar-refractivity contribution in [3.8, 4) is 5.75 Å². The third kappa shape index (κ3) is 5.30. The van der Waals surface area contributed by atoms with Gasteiger partial charge in [-0.25, -0.2) is 4.39 Å². The molecule has 1 atom stereocenters. The number of methoxy groups -OCH3 is 1. The van der Waals surface area contributed by atoms with E-state index in [2.05, 4.69) is 4.90 Å². The largest absolute Gasteiger partial charge is 0.496 e. The van der Waals surface area contributed by atoms with Crippen molar-refractivity contribution >= 4 is 11.6 Å². The molecular weight excluding hydrogens is 369 g/mol. The van der Waals surface area contributed by atoms with Crippen LogP contribution in [0.3, 0.4) is 0 Å². The summed E-state index contributed by atoms with van der Waals surface area (Å²) in [5, 5.41) is 0. The highest BCUT2D eigenvalue weighted by Crippen LogP contribution is 2.26. The molecule has 1 fully saturated rings. The van der Waals surface area contributed by atoms with Crippen LogP contribution in [0, 0.1) is 5.82 Å². The third-order valence-electron chi connectivity index (χ3n) is 5.61. The molecule has 0 saturated carbocycles. The van der Waals surface area contributed by atoms with Crippen LogP contribution in [0.1, 0.15) is 58.9 Å². The molecule has 154 valence electrons. The lowest BCUT2D eigenvalue weighted by Gasteiger charge is -2.30. The van der Waals surface area contributed by atoms with E-state index in [0.717, 1.165) is 44.3 Å². The van der Waals surface area contributed by atoms with Crippen LogP contribution < -0.4 is 4.74 Å². The number of halogens is 1. The van der Waals surface area contributed by atoms with E-state index in [1.54, 1.807) is 31.4 Å². The smallest absolute Gasteiger partial charge is 0.180 e. The molecule has 4 nitrogen and oxygen atoms in total. The van der Waals surface area contributed by atoms with Crippen LogP contribution >= 0.6 is 0 Å². The first-order chi connectivity index (χ1) is 14.0. The minimum absolute atomic E-state index is 0.0231. The van der Waals surface area contributed by atoms with Crippen molar-refractivity contribution in [2.75, 3.05) is 20.2 Å². The molecule has 29 heavy (non-hydrogen) atoms. The molecule has 1 saturated heterocycles. The number of benzene rings is 2. The average molecular weight is 397 g/mol. The van der Waals surface area contributed by atoms with Crippen molar-refractivity contribution in [3.05, 3.63) is 65.0 Å². The van der Waals surface area contributed by atoms with Crippen LogP contribution in [0.15, 0.2) is 42.5 Å². The lowest BCUT2D eigenvalue weighted by Crippen LogP contribution is -2.43. The number of hydrogen-bond donors (Lipinski definition) is 0. The minimum Gasteiger partial charge on any atom is -0.496 e. The van der Waals surface area contributed by atoms with E-state index in [4.69, 9.17) is 4.74 Å². The van der Waals surface area contributed by atoms with Gasteiger partial charge in [0.05, 0.1) is 13.2 Å². The first-order valence-corrected chi connectivity index (χ1v) is 10.2. The molecule has 0 bridgehead atoms. The molecule has 2 aromatic rings. The zero-order valence-corrected chi connectivity index (χ0v) is 17.1. The minimum atomic E-state index is -0.380. The number of ketones is 2. The highest BCUT2D eigenvalue weighted by molar-refractivity contribution is 6.00. The van der Waals surface area contributed by atoms with E-state index in [9.17, 15) is 14.0 Å². The van der Waals surface area contributed by atoms with Crippen LogP contribution in [0.4, 0.5) is 4.39 Å². The number of likely N-dealkylation sites (tertiary alicyclic amines) is 1. The van der Waals surface area contributed by atoms with Crippen LogP contribution in [-0.2, 0) is 6.42 Å². The molecule has 5 heteroatoms. The van der Waals surface area contributed by atoms with Crippen molar-refractivity contribution in [2.24, 2.45) is 0 Å². The monoisotopic (exact) mass is 397 g/mol. The maximum atomic E-state index is 13.4. The fourth-order valence-electron chi connectivity index (χ4n) is 3.97. The Labute approximate surface area is 171 Å². The maximum absolute atomic E-state index is 13.4. The number of hydrogen-bond acceptors (Lipinski definition) is 4. The molecule has 1 aliphatic rings. The average Bonchev–Trinajstić information content (AvgIpc) is 3.01. The third-order valence-corrected chi connectivity index (χ3v) is 5.61. The van der Waals surface area contributed by atoms with E-state index in [0.29, 0.717) is 23.3 Å². The molecule has 3 rings (SSSR count). The van der Waals surface area contributed by atoms with Gasteiger partial charge in [0.1, 0.15) is 11.6 Å². The predicted octanol–water partition coefficient (Wildman–Crippen LogP) is 4.71. The number of ether oxygens (including phenoxy) is 1. The summed E-state index contributed by atoms with van der Waals surface area (Å²) in [6.45, 7) is 3.24. The van der Waals surface area contributed by atoms with Crippen LogP contribution in [-0.4, -0.2) is 42.7 Å². The molecule has 0 N–H and O–H groups in total. The van der Waals surface area contributed by atoms with Gasteiger partial charge in [-0.3, -0.25) is 14.5 Å². The Morgan fingerprint density at radius 1 is 1.00 bits per heavy atom. The first kappa shape index (κ1) is 21.2. The molecule has 0 unspecified atom stereocenters. The van der Waals surface area contributed by atoms with Gasteiger partial charge in [-0.2, -0.15) is 0 Å². The van der Waals surface area contributed by atoms with Crippen molar-refractivity contribution in [1.82, 2.24) is 4.90 Å². The Bertz CT molecular complexity index is 855. The van der Waals surface area contributed by atoms with Gasteiger partial charge < -0.3 is 4.74 Å². The second-order valence-corrected chi connectivity index (χ2v) is 7.62. The van der Waals surface area contributed by atoms with Crippen LogP contribution in [0.25, 0.3) is 0 Å². The molecule has 0 amide bonds. The summed E-state index contributed by atoms with van der Waals surface area (Å²) in [4.78, 5) is 27.5. The number of carbonyl (C=O) groups excluding carboxylic acids is 2. The standard InChI is InChI=1S/C24H28FNO3/c1-17(27)19-9-12-23(29-2)20(15-19)16-22(26-13-5-3-4-6-14-26)24(28)18-7-10-21(25)11-8-18/h7-12,15,22H,3-6,13-14,16H2,1-2H3/t22-/m0/s1. The van der Waals surface area contributed by atoms with Crippen molar-refractivity contribution in [1.29, 1.82) is 0 Å². The van der Waals surface area contributed by atoms with E-state index in [1.165, 1.54) is 19.1 Å². The molecular formula is C24H28FNO3. The molecule has 0 radical (unpaired) electrons. The van der Waals surface area contributed by atoms with E-state index in [-0.39, 0.29) is 23.4 Å². The molecule has 0 aliphatic carbocycles. The van der Waals surface area contributed by atoms with Gasteiger partial charge in [0.25, 0.3) is 0 Å². The van der Waals surface area contributed by atoms with Gasteiger partial charge in [0.2, 0.25) is 0 Å². The lowest BCUT2D eigenvalue weighted by molar-refractivity contribution is 0.0820. The Balaban J connectivity index is 1.96.